The van der Waals surface area contributed by atoms with Gasteiger partial charge < -0.3 is 4.42 Å². The number of nitrogens with zero attached hydrogens (tertiary/aromatic N) is 3. The predicted molar refractivity (Wildman–Crippen MR) is 112 cm³/mol. The lowest BCUT2D eigenvalue weighted by atomic mass is 9.90. The number of aromatic nitrogens is 2. The van der Waals surface area contributed by atoms with Crippen molar-refractivity contribution < 1.29 is 18.8 Å². The number of fused-ring (bicyclic) bond motifs is 1. The van der Waals surface area contributed by atoms with Gasteiger partial charge in [-0.3, -0.25) is 24.6 Å². The van der Waals surface area contributed by atoms with Crippen molar-refractivity contribution >= 4 is 29.4 Å². The Labute approximate surface area is 178 Å². The quantitative estimate of drug-likeness (QED) is 0.653. The maximum Gasteiger partial charge on any atom is 0.322 e. The summed E-state index contributed by atoms with van der Waals surface area (Å²) in [5, 5.41) is 10.6. The van der Waals surface area contributed by atoms with E-state index in [1.165, 1.54) is 24.0 Å². The summed E-state index contributed by atoms with van der Waals surface area (Å²) >= 11 is 0. The lowest BCUT2D eigenvalue weighted by Crippen LogP contribution is -2.28. The molecule has 2 heterocycles. The summed E-state index contributed by atoms with van der Waals surface area (Å²) in [7, 11) is 0. The van der Waals surface area contributed by atoms with Crippen molar-refractivity contribution in [1.29, 1.82) is 0 Å². The fourth-order valence-corrected chi connectivity index (χ4v) is 4.05. The molecule has 3 aromatic rings. The van der Waals surface area contributed by atoms with Gasteiger partial charge in [0.15, 0.2) is 0 Å². The van der Waals surface area contributed by atoms with Crippen LogP contribution in [0.5, 0.6) is 0 Å². The van der Waals surface area contributed by atoms with Crippen LogP contribution >= 0.6 is 0 Å². The van der Waals surface area contributed by atoms with E-state index < -0.39 is 5.91 Å². The molecule has 0 unspecified atom stereocenters. The van der Waals surface area contributed by atoms with Crippen molar-refractivity contribution in [3.05, 3.63) is 59.2 Å². The van der Waals surface area contributed by atoms with E-state index in [1.807, 2.05) is 6.07 Å². The van der Waals surface area contributed by atoms with Crippen molar-refractivity contribution in [3.63, 3.8) is 0 Å². The smallest absolute Gasteiger partial charge is 0.322 e. The topological polar surface area (TPSA) is 105 Å². The maximum absolute atomic E-state index is 12.5. The Morgan fingerprint density at radius 3 is 2.32 bits per heavy atom. The summed E-state index contributed by atoms with van der Waals surface area (Å²) in [6.45, 7) is 0. The van der Waals surface area contributed by atoms with E-state index in [9.17, 15) is 14.4 Å². The third-order valence-electron chi connectivity index (χ3n) is 5.68. The molecule has 156 valence electrons. The largest absolute Gasteiger partial charge is 0.403 e. The molecule has 8 heteroatoms. The van der Waals surface area contributed by atoms with Crippen molar-refractivity contribution in [2.75, 3.05) is 10.2 Å². The van der Waals surface area contributed by atoms with Crippen LogP contribution in [-0.2, 0) is 22.4 Å². The highest BCUT2D eigenvalue weighted by Crippen LogP contribution is 2.28. The number of rotatable bonds is 4. The summed E-state index contributed by atoms with van der Waals surface area (Å²) < 4.78 is 5.63. The molecule has 0 spiro atoms. The lowest BCUT2D eigenvalue weighted by molar-refractivity contribution is -0.121. The predicted octanol–water partition coefficient (Wildman–Crippen LogP) is 3.52. The van der Waals surface area contributed by atoms with Crippen LogP contribution in [0.25, 0.3) is 11.5 Å². The first-order valence-electron chi connectivity index (χ1n) is 10.3. The number of hydrogen-bond donors (Lipinski definition) is 1. The number of hydrogen-bond acceptors (Lipinski definition) is 6. The molecular formula is C23H20N4O4. The molecule has 1 aliphatic heterocycles. The van der Waals surface area contributed by atoms with Crippen molar-refractivity contribution in [3.8, 4) is 11.5 Å². The maximum atomic E-state index is 12.5. The van der Waals surface area contributed by atoms with Gasteiger partial charge in [-0.1, -0.05) is 11.2 Å². The molecule has 0 atom stereocenters. The van der Waals surface area contributed by atoms with E-state index >= 15 is 0 Å². The first-order valence-corrected chi connectivity index (χ1v) is 10.3. The van der Waals surface area contributed by atoms with E-state index in [1.54, 1.807) is 24.3 Å². The minimum atomic E-state index is -0.425. The SMILES string of the molecule is O=C(Nc1nnc(-c2ccc3c(c2)CCCC3)o1)c1ccc(N2C(=O)CCC2=O)cc1. The summed E-state index contributed by atoms with van der Waals surface area (Å²) in [5.41, 5.74) is 4.30. The fourth-order valence-electron chi connectivity index (χ4n) is 4.05. The van der Waals surface area contributed by atoms with Gasteiger partial charge in [0.2, 0.25) is 17.7 Å². The monoisotopic (exact) mass is 416 g/mol. The average Bonchev–Trinajstić information content (AvgIpc) is 3.39. The number of benzene rings is 2. The molecule has 8 nitrogen and oxygen atoms in total. The molecule has 1 N–H and O–H groups in total. The molecule has 2 aromatic carbocycles. The van der Waals surface area contributed by atoms with E-state index in [0.717, 1.165) is 23.3 Å². The second kappa shape index (κ2) is 7.79. The minimum Gasteiger partial charge on any atom is -0.403 e. The fraction of sp³-hybridized carbons (Fsp3) is 0.261. The van der Waals surface area contributed by atoms with Crippen molar-refractivity contribution in [1.82, 2.24) is 10.2 Å². The van der Waals surface area contributed by atoms with Gasteiger partial charge in [0.1, 0.15) is 0 Å². The third-order valence-corrected chi connectivity index (χ3v) is 5.68. The molecule has 5 rings (SSSR count). The molecule has 1 aromatic heterocycles. The molecule has 1 saturated heterocycles. The highest BCUT2D eigenvalue weighted by molar-refractivity contribution is 6.20. The first-order chi connectivity index (χ1) is 15.1. The van der Waals surface area contributed by atoms with Crippen LogP contribution in [-0.4, -0.2) is 27.9 Å². The number of amides is 3. The van der Waals surface area contributed by atoms with Crippen LogP contribution in [0.2, 0.25) is 0 Å². The molecule has 1 fully saturated rings. The van der Waals surface area contributed by atoms with Gasteiger partial charge in [-0.15, -0.1) is 5.10 Å². The van der Waals surface area contributed by atoms with Crippen molar-refractivity contribution in [2.24, 2.45) is 0 Å². The van der Waals surface area contributed by atoms with E-state index in [0.29, 0.717) is 17.1 Å². The Bertz CT molecular complexity index is 1170. The van der Waals surface area contributed by atoms with Crippen LogP contribution in [0.3, 0.4) is 0 Å². The Balaban J connectivity index is 1.29. The normalized spacial score (nSPS) is 15.8. The van der Waals surface area contributed by atoms with Gasteiger partial charge in [-0.2, -0.15) is 0 Å². The van der Waals surface area contributed by atoms with Gasteiger partial charge in [0.25, 0.3) is 5.91 Å². The highest BCUT2D eigenvalue weighted by Gasteiger charge is 2.30. The molecular weight excluding hydrogens is 396 g/mol. The average molecular weight is 416 g/mol. The zero-order valence-corrected chi connectivity index (χ0v) is 16.8. The highest BCUT2D eigenvalue weighted by atomic mass is 16.4. The van der Waals surface area contributed by atoms with Crippen LogP contribution < -0.4 is 10.2 Å². The summed E-state index contributed by atoms with van der Waals surface area (Å²) in [6, 6.07) is 12.4. The van der Waals surface area contributed by atoms with Gasteiger partial charge in [-0.25, -0.2) is 0 Å². The molecule has 31 heavy (non-hydrogen) atoms. The molecule has 3 amide bonds. The standard InChI is InChI=1S/C23H20N4O4/c28-19-11-12-20(29)27(19)18-9-7-15(8-10-18)21(30)24-23-26-25-22(31-23)17-6-5-14-3-1-2-4-16(14)13-17/h5-10,13H,1-4,11-12H2,(H,24,26,30). The van der Waals surface area contributed by atoms with Crippen LogP contribution in [0, 0.1) is 0 Å². The van der Waals surface area contributed by atoms with Crippen molar-refractivity contribution in [2.45, 2.75) is 38.5 Å². The number of imide groups is 1. The zero-order valence-electron chi connectivity index (χ0n) is 16.8. The molecule has 1 aliphatic carbocycles. The summed E-state index contributed by atoms with van der Waals surface area (Å²) in [5.74, 6) is -0.540. The molecule has 0 saturated carbocycles. The molecule has 0 radical (unpaired) electrons. The van der Waals surface area contributed by atoms with Gasteiger partial charge in [0.05, 0.1) is 5.69 Å². The third kappa shape index (κ3) is 3.72. The van der Waals surface area contributed by atoms with E-state index in [-0.39, 0.29) is 30.7 Å². The Kier molecular flexibility index (Phi) is 4.82. The Morgan fingerprint density at radius 1 is 0.871 bits per heavy atom. The van der Waals surface area contributed by atoms with Gasteiger partial charge in [0, 0.05) is 24.0 Å². The number of carbonyl (C=O) groups excluding carboxylic acids is 3. The minimum absolute atomic E-state index is 0.00620. The van der Waals surface area contributed by atoms with Gasteiger partial charge >= 0.3 is 6.01 Å². The number of nitrogens with one attached hydrogen (secondary N) is 1. The van der Waals surface area contributed by atoms with E-state index in [4.69, 9.17) is 4.42 Å². The van der Waals surface area contributed by atoms with Crippen LogP contribution in [0.4, 0.5) is 11.7 Å². The van der Waals surface area contributed by atoms with Gasteiger partial charge in [-0.05, 0) is 73.2 Å². The number of aryl methyl sites for hydroxylation is 2. The van der Waals surface area contributed by atoms with Crippen LogP contribution in [0.1, 0.15) is 47.2 Å². The zero-order chi connectivity index (χ0) is 21.4. The summed E-state index contributed by atoms with van der Waals surface area (Å²) in [6.07, 6.45) is 4.97. The van der Waals surface area contributed by atoms with Crippen LogP contribution in [0.15, 0.2) is 46.9 Å². The number of carbonyl (C=O) groups is 3. The Hall–Kier alpha value is -3.81. The second-order valence-electron chi connectivity index (χ2n) is 7.73. The molecule has 2 aliphatic rings. The second-order valence-corrected chi connectivity index (χ2v) is 7.73. The lowest BCUT2D eigenvalue weighted by Gasteiger charge is -2.15. The first kappa shape index (κ1) is 19.2. The summed E-state index contributed by atoms with van der Waals surface area (Å²) in [4.78, 5) is 37.4. The number of anilines is 2. The Morgan fingerprint density at radius 2 is 1.58 bits per heavy atom. The van der Waals surface area contributed by atoms with E-state index in [2.05, 4.69) is 27.6 Å². The molecule has 0 bridgehead atoms.